The van der Waals surface area contributed by atoms with Gasteiger partial charge in [0.2, 0.25) is 0 Å². The maximum atomic E-state index is 12.8. The van der Waals surface area contributed by atoms with Crippen LogP contribution in [0.25, 0.3) is 0 Å². The zero-order valence-electron chi connectivity index (χ0n) is 15.3. The molecule has 136 valence electrons. The van der Waals surface area contributed by atoms with Gasteiger partial charge in [0, 0.05) is 51.0 Å². The van der Waals surface area contributed by atoms with Crippen molar-refractivity contribution in [1.82, 2.24) is 14.8 Å². The first kappa shape index (κ1) is 17.0. The Bertz CT molecular complexity index is 783. The maximum absolute atomic E-state index is 12.8. The Kier molecular flexibility index (Phi) is 4.89. The molecular formula is C21H26N4O. The molecule has 1 aliphatic carbocycles. The highest BCUT2D eigenvalue weighted by molar-refractivity contribution is 5.94. The molecule has 26 heavy (non-hydrogen) atoms. The molecule has 1 aliphatic heterocycles. The molecular weight excluding hydrogens is 324 g/mol. The van der Waals surface area contributed by atoms with E-state index in [1.807, 2.05) is 18.0 Å². The first-order valence-corrected chi connectivity index (χ1v) is 9.48. The van der Waals surface area contributed by atoms with Crippen molar-refractivity contribution in [3.63, 3.8) is 0 Å². The fraction of sp³-hybridized carbons (Fsp3) is 0.429. The van der Waals surface area contributed by atoms with E-state index < -0.39 is 0 Å². The van der Waals surface area contributed by atoms with E-state index in [0.717, 1.165) is 38.4 Å². The van der Waals surface area contributed by atoms with E-state index in [1.54, 1.807) is 12.3 Å². The summed E-state index contributed by atoms with van der Waals surface area (Å²) in [6, 6.07) is 13.0. The van der Waals surface area contributed by atoms with E-state index >= 15 is 0 Å². The van der Waals surface area contributed by atoms with Crippen LogP contribution < -0.4 is 5.32 Å². The molecule has 0 saturated carbocycles. The fourth-order valence-electron chi connectivity index (χ4n) is 4.16. The molecule has 4 rings (SSSR count). The van der Waals surface area contributed by atoms with Crippen LogP contribution in [0, 0.1) is 0 Å². The molecule has 2 aromatic rings. The van der Waals surface area contributed by atoms with Crippen molar-refractivity contribution in [2.75, 3.05) is 38.5 Å². The predicted octanol–water partition coefficient (Wildman–Crippen LogP) is 2.44. The van der Waals surface area contributed by atoms with Crippen LogP contribution in [0.15, 0.2) is 42.6 Å². The van der Waals surface area contributed by atoms with Crippen LogP contribution in [0.1, 0.15) is 27.9 Å². The van der Waals surface area contributed by atoms with E-state index in [-0.39, 0.29) is 5.91 Å². The molecule has 1 aromatic carbocycles. The number of amides is 1. The molecule has 2 aliphatic rings. The summed E-state index contributed by atoms with van der Waals surface area (Å²) in [4.78, 5) is 21.5. The van der Waals surface area contributed by atoms with E-state index in [4.69, 9.17) is 0 Å². The highest BCUT2D eigenvalue weighted by Crippen LogP contribution is 2.25. The highest BCUT2D eigenvalue weighted by Gasteiger charge is 2.29. The molecule has 5 nitrogen and oxygen atoms in total. The Hall–Kier alpha value is -2.40. The van der Waals surface area contributed by atoms with Crippen LogP contribution in [0.2, 0.25) is 0 Å². The van der Waals surface area contributed by atoms with Gasteiger partial charge in [-0.05, 0) is 42.5 Å². The number of benzene rings is 1. The zero-order valence-corrected chi connectivity index (χ0v) is 15.3. The van der Waals surface area contributed by atoms with Crippen LogP contribution in [-0.2, 0) is 12.8 Å². The van der Waals surface area contributed by atoms with Gasteiger partial charge in [0.05, 0.1) is 0 Å². The maximum Gasteiger partial charge on any atom is 0.254 e. The second-order valence-electron chi connectivity index (χ2n) is 7.17. The average Bonchev–Trinajstić information content (AvgIpc) is 2.73. The molecule has 0 bridgehead atoms. The monoisotopic (exact) mass is 350 g/mol. The number of aryl methyl sites for hydroxylation is 1. The largest absolute Gasteiger partial charge is 0.373 e. The van der Waals surface area contributed by atoms with Crippen LogP contribution in [0.3, 0.4) is 0 Å². The topological polar surface area (TPSA) is 48.5 Å². The SMILES string of the molecule is CNc1cc(C(=O)N2CCN(C3CCc4ccccc4C3)CC2)ccn1. The summed E-state index contributed by atoms with van der Waals surface area (Å²) in [6.07, 6.45) is 5.22. The van der Waals surface area contributed by atoms with Gasteiger partial charge >= 0.3 is 0 Å². The number of piperazine rings is 1. The number of aromatic nitrogens is 1. The minimum Gasteiger partial charge on any atom is -0.373 e. The predicted molar refractivity (Wildman–Crippen MR) is 104 cm³/mol. The third kappa shape index (κ3) is 3.44. The number of carbonyl (C=O) groups is 1. The summed E-state index contributed by atoms with van der Waals surface area (Å²) < 4.78 is 0. The van der Waals surface area contributed by atoms with Gasteiger partial charge in [-0.15, -0.1) is 0 Å². The van der Waals surface area contributed by atoms with Gasteiger partial charge in [0.15, 0.2) is 0 Å². The molecule has 0 spiro atoms. The van der Waals surface area contributed by atoms with Gasteiger partial charge in [-0.3, -0.25) is 9.69 Å². The molecule has 2 heterocycles. The normalized spacial score (nSPS) is 20.5. The Morgan fingerprint density at radius 1 is 1.12 bits per heavy atom. The number of anilines is 1. The lowest BCUT2D eigenvalue weighted by Gasteiger charge is -2.41. The summed E-state index contributed by atoms with van der Waals surface area (Å²) in [5.74, 6) is 0.841. The second kappa shape index (κ2) is 7.46. The van der Waals surface area contributed by atoms with Crippen molar-refractivity contribution < 1.29 is 4.79 Å². The molecule has 1 amide bonds. The number of nitrogens with one attached hydrogen (secondary N) is 1. The first-order valence-electron chi connectivity index (χ1n) is 9.48. The molecule has 1 atom stereocenters. The van der Waals surface area contributed by atoms with Crippen molar-refractivity contribution in [2.24, 2.45) is 0 Å². The van der Waals surface area contributed by atoms with E-state index in [9.17, 15) is 4.79 Å². The van der Waals surface area contributed by atoms with E-state index in [1.165, 1.54) is 24.0 Å². The van der Waals surface area contributed by atoms with Gasteiger partial charge in [-0.25, -0.2) is 4.98 Å². The Morgan fingerprint density at radius 2 is 1.88 bits per heavy atom. The second-order valence-corrected chi connectivity index (χ2v) is 7.17. The zero-order chi connectivity index (χ0) is 17.9. The van der Waals surface area contributed by atoms with Crippen molar-refractivity contribution in [3.05, 3.63) is 59.3 Å². The average molecular weight is 350 g/mol. The summed E-state index contributed by atoms with van der Waals surface area (Å²) in [7, 11) is 1.82. The van der Waals surface area contributed by atoms with Crippen LogP contribution in [0.4, 0.5) is 5.82 Å². The van der Waals surface area contributed by atoms with Crippen molar-refractivity contribution in [3.8, 4) is 0 Å². The van der Waals surface area contributed by atoms with Crippen molar-refractivity contribution >= 4 is 11.7 Å². The molecule has 1 unspecified atom stereocenters. The van der Waals surface area contributed by atoms with Crippen molar-refractivity contribution in [1.29, 1.82) is 0 Å². The fourth-order valence-corrected chi connectivity index (χ4v) is 4.16. The number of fused-ring (bicyclic) bond motifs is 1. The minimum absolute atomic E-state index is 0.109. The molecule has 1 fully saturated rings. The third-order valence-corrected chi connectivity index (χ3v) is 5.70. The number of carbonyl (C=O) groups excluding carboxylic acids is 1. The summed E-state index contributed by atoms with van der Waals surface area (Å²) >= 11 is 0. The van der Waals surface area contributed by atoms with Gasteiger partial charge < -0.3 is 10.2 Å². The molecule has 1 aromatic heterocycles. The van der Waals surface area contributed by atoms with Crippen LogP contribution in [-0.4, -0.2) is 60.0 Å². The third-order valence-electron chi connectivity index (χ3n) is 5.70. The minimum atomic E-state index is 0.109. The Labute approximate surface area is 155 Å². The number of hydrogen-bond donors (Lipinski definition) is 1. The Morgan fingerprint density at radius 3 is 2.65 bits per heavy atom. The summed E-state index contributed by atoms with van der Waals surface area (Å²) in [6.45, 7) is 3.52. The lowest BCUT2D eigenvalue weighted by Crippen LogP contribution is -2.53. The summed E-state index contributed by atoms with van der Waals surface area (Å²) in [5.41, 5.74) is 3.72. The number of rotatable bonds is 3. The first-order chi connectivity index (χ1) is 12.7. The van der Waals surface area contributed by atoms with E-state index in [2.05, 4.69) is 39.5 Å². The highest BCUT2D eigenvalue weighted by atomic mass is 16.2. The number of pyridine rings is 1. The lowest BCUT2D eigenvalue weighted by molar-refractivity contribution is 0.0553. The molecule has 1 saturated heterocycles. The smallest absolute Gasteiger partial charge is 0.254 e. The van der Waals surface area contributed by atoms with Gasteiger partial charge in [0.25, 0.3) is 5.91 Å². The van der Waals surface area contributed by atoms with E-state index in [0.29, 0.717) is 11.6 Å². The van der Waals surface area contributed by atoms with Crippen LogP contribution >= 0.6 is 0 Å². The van der Waals surface area contributed by atoms with Crippen LogP contribution in [0.5, 0.6) is 0 Å². The standard InChI is InChI=1S/C21H26N4O/c1-22-20-15-18(8-9-23-20)21(26)25-12-10-24(11-13-25)19-7-6-16-4-2-3-5-17(16)14-19/h2-5,8-9,15,19H,6-7,10-14H2,1H3,(H,22,23). The Balaban J connectivity index is 1.36. The summed E-state index contributed by atoms with van der Waals surface area (Å²) in [5, 5.41) is 2.99. The van der Waals surface area contributed by atoms with Gasteiger partial charge in [-0.2, -0.15) is 0 Å². The quantitative estimate of drug-likeness (QED) is 0.924. The number of nitrogens with zero attached hydrogens (tertiary/aromatic N) is 3. The lowest BCUT2D eigenvalue weighted by atomic mass is 9.87. The molecule has 0 radical (unpaired) electrons. The van der Waals surface area contributed by atoms with Gasteiger partial charge in [-0.1, -0.05) is 24.3 Å². The van der Waals surface area contributed by atoms with Gasteiger partial charge in [0.1, 0.15) is 5.82 Å². The molecule has 5 heteroatoms. The molecule has 1 N–H and O–H groups in total. The van der Waals surface area contributed by atoms with Crippen molar-refractivity contribution in [2.45, 2.75) is 25.3 Å². The number of hydrogen-bond acceptors (Lipinski definition) is 4.